The van der Waals surface area contributed by atoms with Crippen molar-refractivity contribution in [3.8, 4) is 0 Å². The molecule has 0 bridgehead atoms. The predicted molar refractivity (Wildman–Crippen MR) is 125 cm³/mol. The average molecular weight is 551 g/mol. The molecule has 1 fully saturated rings. The predicted octanol–water partition coefficient (Wildman–Crippen LogP) is 3.68. The summed E-state index contributed by atoms with van der Waals surface area (Å²) in [5, 5.41) is 12.5. The lowest BCUT2D eigenvalue weighted by molar-refractivity contribution is -0.00570. The Bertz CT molecular complexity index is 1070. The van der Waals surface area contributed by atoms with Crippen LogP contribution in [0.5, 0.6) is 0 Å². The minimum atomic E-state index is -3.91. The van der Waals surface area contributed by atoms with Crippen molar-refractivity contribution in [3.05, 3.63) is 27.7 Å². The van der Waals surface area contributed by atoms with Gasteiger partial charge in [0, 0.05) is 31.4 Å². The lowest BCUT2D eigenvalue weighted by atomic mass is 10.0. The van der Waals surface area contributed by atoms with E-state index in [1.807, 2.05) is 0 Å². The number of nitrogens with zero attached hydrogens (tertiary/aromatic N) is 2. The summed E-state index contributed by atoms with van der Waals surface area (Å²) in [6.07, 6.45) is 3.01. The molecule has 0 radical (unpaired) electrons. The maximum Gasteiger partial charge on any atom is 0.345 e. The number of carboxylic acid groups (broad SMARTS) is 1. The number of carboxylic acids is 1. The highest BCUT2D eigenvalue weighted by Crippen LogP contribution is 2.37. The third-order valence-corrected chi connectivity index (χ3v) is 9.90. The van der Waals surface area contributed by atoms with Crippen LogP contribution < -0.4 is 5.32 Å². The number of rotatable bonds is 8. The second kappa shape index (κ2) is 9.75. The molecule has 3 rings (SSSR count). The minimum Gasteiger partial charge on any atom is -0.477 e. The van der Waals surface area contributed by atoms with Crippen molar-refractivity contribution in [2.75, 3.05) is 44.4 Å². The molecule has 2 aromatic heterocycles. The van der Waals surface area contributed by atoms with E-state index in [0.717, 1.165) is 24.4 Å². The molecule has 2 aromatic rings. The number of aromatic carboxylic acids is 1. The lowest BCUT2D eigenvalue weighted by Gasteiger charge is -2.41. The summed E-state index contributed by atoms with van der Waals surface area (Å²) in [5.74, 6) is -0.606. The number of thiophene rings is 1. The van der Waals surface area contributed by atoms with Gasteiger partial charge >= 0.3 is 5.97 Å². The van der Waals surface area contributed by atoms with Gasteiger partial charge in [-0.05, 0) is 48.2 Å². The van der Waals surface area contributed by atoms with Gasteiger partial charge in [-0.15, -0.1) is 23.1 Å². The fraction of sp³-hybridized carbons (Fsp3) is 0.474. The molecular formula is C19H24BrN3O5S3. The summed E-state index contributed by atoms with van der Waals surface area (Å²) in [6, 6.07) is 2.70. The van der Waals surface area contributed by atoms with E-state index >= 15 is 0 Å². The van der Waals surface area contributed by atoms with E-state index < -0.39 is 15.8 Å². The van der Waals surface area contributed by atoms with Gasteiger partial charge in [0.15, 0.2) is 0 Å². The van der Waals surface area contributed by atoms with E-state index in [1.54, 1.807) is 6.26 Å². The summed E-state index contributed by atoms with van der Waals surface area (Å²) in [5.41, 5.74) is -0.132. The van der Waals surface area contributed by atoms with Gasteiger partial charge in [-0.25, -0.2) is 18.2 Å². The molecular weight excluding hydrogens is 526 g/mol. The smallest absolute Gasteiger partial charge is 0.345 e. The zero-order valence-corrected chi connectivity index (χ0v) is 21.4. The van der Waals surface area contributed by atoms with Crippen LogP contribution in [0.1, 0.15) is 23.5 Å². The van der Waals surface area contributed by atoms with E-state index in [2.05, 4.69) is 45.0 Å². The van der Waals surface area contributed by atoms with Crippen molar-refractivity contribution >= 4 is 60.7 Å². The minimum absolute atomic E-state index is 0.00223. The van der Waals surface area contributed by atoms with Gasteiger partial charge in [-0.2, -0.15) is 0 Å². The number of morpholine rings is 1. The Labute approximate surface area is 198 Å². The van der Waals surface area contributed by atoms with Gasteiger partial charge in [0.25, 0.3) is 0 Å². The monoisotopic (exact) mass is 549 g/mol. The second-order valence-corrected chi connectivity index (χ2v) is 12.4. The average Bonchev–Trinajstić information content (AvgIpc) is 3.19. The van der Waals surface area contributed by atoms with Gasteiger partial charge in [-0.1, -0.05) is 0 Å². The van der Waals surface area contributed by atoms with Gasteiger partial charge < -0.3 is 15.2 Å². The Morgan fingerprint density at radius 3 is 2.65 bits per heavy atom. The zero-order chi connectivity index (χ0) is 22.8. The summed E-state index contributed by atoms with van der Waals surface area (Å²) in [4.78, 5) is 17.9. The first-order chi connectivity index (χ1) is 14.6. The highest BCUT2D eigenvalue weighted by atomic mass is 79.9. The topological polar surface area (TPSA) is 109 Å². The number of hydrogen-bond acceptors (Lipinski definition) is 9. The Morgan fingerprint density at radius 1 is 1.39 bits per heavy atom. The maximum absolute atomic E-state index is 13.1. The number of pyridine rings is 1. The molecule has 31 heavy (non-hydrogen) atoms. The van der Waals surface area contributed by atoms with Gasteiger partial charge in [0.05, 0.1) is 31.7 Å². The molecule has 1 aliphatic rings. The van der Waals surface area contributed by atoms with Crippen LogP contribution in [0, 0.1) is 0 Å². The Balaban J connectivity index is 1.81. The van der Waals surface area contributed by atoms with Crippen LogP contribution in [0.25, 0.3) is 0 Å². The SMILES string of the molecule is CSc1sc(C(=O)O)cc1S(=O)(=O)c1cnc(NCC(C)(C)N2CCOCC2)c(Br)c1. The van der Waals surface area contributed by atoms with E-state index in [9.17, 15) is 18.3 Å². The third kappa shape index (κ3) is 5.42. The van der Waals surface area contributed by atoms with E-state index in [1.165, 1.54) is 30.1 Å². The molecule has 1 aliphatic heterocycles. The first-order valence-electron chi connectivity index (χ1n) is 9.44. The Morgan fingerprint density at radius 2 is 2.06 bits per heavy atom. The van der Waals surface area contributed by atoms with Crippen LogP contribution in [-0.2, 0) is 14.6 Å². The highest BCUT2D eigenvalue weighted by molar-refractivity contribution is 9.10. The molecule has 12 heteroatoms. The van der Waals surface area contributed by atoms with Crippen LogP contribution in [0.4, 0.5) is 5.82 Å². The first-order valence-corrected chi connectivity index (χ1v) is 13.8. The molecule has 2 N–H and O–H groups in total. The molecule has 0 aliphatic carbocycles. The van der Waals surface area contributed by atoms with Crippen LogP contribution >= 0.6 is 39.0 Å². The molecule has 0 spiro atoms. The fourth-order valence-corrected chi connectivity index (χ4v) is 7.64. The van der Waals surface area contributed by atoms with Crippen LogP contribution in [0.3, 0.4) is 0 Å². The normalized spacial score (nSPS) is 15.7. The van der Waals surface area contributed by atoms with Crippen LogP contribution in [0.15, 0.2) is 36.8 Å². The van der Waals surface area contributed by atoms with Crippen molar-refractivity contribution in [1.82, 2.24) is 9.88 Å². The quantitative estimate of drug-likeness (QED) is 0.476. The van der Waals surface area contributed by atoms with Crippen molar-refractivity contribution < 1.29 is 23.1 Å². The number of sulfone groups is 1. The second-order valence-electron chi connectivity index (χ2n) is 7.54. The number of nitrogens with one attached hydrogen (secondary N) is 1. The van der Waals surface area contributed by atoms with Crippen LogP contribution in [-0.4, -0.2) is 74.0 Å². The van der Waals surface area contributed by atoms with Gasteiger partial charge in [0.2, 0.25) is 9.84 Å². The lowest BCUT2D eigenvalue weighted by Crippen LogP contribution is -2.53. The molecule has 8 nitrogen and oxygen atoms in total. The summed E-state index contributed by atoms with van der Waals surface area (Å²) in [7, 11) is -3.91. The summed E-state index contributed by atoms with van der Waals surface area (Å²) < 4.78 is 32.6. The third-order valence-electron chi connectivity index (χ3n) is 5.03. The molecule has 1 saturated heterocycles. The van der Waals surface area contributed by atoms with Crippen LogP contribution in [0.2, 0.25) is 0 Å². The van der Waals surface area contributed by atoms with Crippen molar-refractivity contribution in [2.24, 2.45) is 0 Å². The molecule has 0 saturated carbocycles. The Hall–Kier alpha value is -1.18. The van der Waals surface area contributed by atoms with Crippen molar-refractivity contribution in [1.29, 1.82) is 0 Å². The van der Waals surface area contributed by atoms with Gasteiger partial charge in [0.1, 0.15) is 10.7 Å². The molecule has 0 aromatic carbocycles. The fourth-order valence-electron chi connectivity index (χ4n) is 3.20. The molecule has 170 valence electrons. The molecule has 0 unspecified atom stereocenters. The molecule has 0 amide bonds. The number of ether oxygens (including phenoxy) is 1. The van der Waals surface area contributed by atoms with E-state index in [-0.39, 0.29) is 20.2 Å². The molecule has 0 atom stereocenters. The highest BCUT2D eigenvalue weighted by Gasteiger charge is 2.29. The van der Waals surface area contributed by atoms with Crippen molar-refractivity contribution in [2.45, 2.75) is 33.4 Å². The number of carbonyl (C=O) groups is 1. The maximum atomic E-state index is 13.1. The molecule has 3 heterocycles. The Kier molecular flexibility index (Phi) is 7.70. The number of aromatic nitrogens is 1. The largest absolute Gasteiger partial charge is 0.477 e. The number of anilines is 1. The number of hydrogen-bond donors (Lipinski definition) is 2. The standard InChI is InChI=1S/C19H24BrN3O5S3/c1-19(2,23-4-6-28-7-5-23)11-22-16-13(20)8-12(10-21-16)31(26,27)15-9-14(17(24)25)30-18(15)29-3/h8-10H,4-7,11H2,1-3H3,(H,21,22)(H,24,25). The zero-order valence-electron chi connectivity index (χ0n) is 17.3. The number of thioether (sulfide) groups is 1. The van der Waals surface area contributed by atoms with Gasteiger partial charge in [-0.3, -0.25) is 4.90 Å². The van der Waals surface area contributed by atoms with E-state index in [4.69, 9.17) is 4.74 Å². The van der Waals surface area contributed by atoms with Crippen molar-refractivity contribution in [3.63, 3.8) is 0 Å². The number of halogens is 1. The summed E-state index contributed by atoms with van der Waals surface area (Å²) in [6.45, 7) is 8.03. The summed E-state index contributed by atoms with van der Waals surface area (Å²) >= 11 is 5.57. The van der Waals surface area contributed by atoms with E-state index in [0.29, 0.717) is 34.3 Å². The first kappa shape index (κ1) is 24.5.